The lowest BCUT2D eigenvalue weighted by atomic mass is 10.2. The zero-order valence-electron chi connectivity index (χ0n) is 15.9. The van der Waals surface area contributed by atoms with Crippen LogP contribution in [-0.4, -0.2) is 28.0 Å². The molecule has 0 saturated heterocycles. The summed E-state index contributed by atoms with van der Waals surface area (Å²) in [6, 6.07) is 6.50. The Bertz CT molecular complexity index is 1100. The molecular weight excluding hydrogens is 378 g/mol. The van der Waals surface area contributed by atoms with Crippen LogP contribution in [0.3, 0.4) is 0 Å². The van der Waals surface area contributed by atoms with Crippen LogP contribution in [0, 0.1) is 13.8 Å². The number of carbonyl (C=O) groups is 2. The molecule has 3 rings (SSSR count). The van der Waals surface area contributed by atoms with Crippen molar-refractivity contribution in [1.29, 1.82) is 0 Å². The van der Waals surface area contributed by atoms with E-state index in [1.165, 1.54) is 22.2 Å². The number of aryl methyl sites for hydroxylation is 2. The van der Waals surface area contributed by atoms with Gasteiger partial charge in [0.2, 0.25) is 5.91 Å². The largest absolute Gasteiger partial charge is 0.462 e. The van der Waals surface area contributed by atoms with Gasteiger partial charge in [-0.15, -0.1) is 11.3 Å². The summed E-state index contributed by atoms with van der Waals surface area (Å²) in [5.74, 6) is -0.820. The van der Waals surface area contributed by atoms with Crippen molar-refractivity contribution >= 4 is 39.1 Å². The van der Waals surface area contributed by atoms with Gasteiger partial charge < -0.3 is 10.1 Å². The number of esters is 1. The van der Waals surface area contributed by atoms with Gasteiger partial charge in [-0.25, -0.2) is 9.78 Å². The Labute approximate surface area is 166 Å². The molecular formula is C20H21N3O4S. The number of rotatable bonds is 6. The van der Waals surface area contributed by atoms with Crippen molar-refractivity contribution in [2.45, 2.75) is 33.7 Å². The number of carbonyl (C=O) groups excluding carboxylic acids is 2. The number of nitrogens with one attached hydrogen (secondary N) is 1. The number of nitrogens with zero attached hydrogens (tertiary/aromatic N) is 2. The van der Waals surface area contributed by atoms with E-state index in [1.54, 1.807) is 24.3 Å². The van der Waals surface area contributed by atoms with Crippen LogP contribution in [0.4, 0.5) is 5.69 Å². The van der Waals surface area contributed by atoms with Crippen molar-refractivity contribution in [2.24, 2.45) is 0 Å². The molecule has 0 radical (unpaired) electrons. The first-order chi connectivity index (χ1) is 13.4. The lowest BCUT2D eigenvalue weighted by Crippen LogP contribution is -2.28. The van der Waals surface area contributed by atoms with Crippen molar-refractivity contribution in [3.63, 3.8) is 0 Å². The number of ether oxygens (including phenoxy) is 1. The zero-order chi connectivity index (χ0) is 20.3. The van der Waals surface area contributed by atoms with Gasteiger partial charge in [0.1, 0.15) is 11.4 Å². The van der Waals surface area contributed by atoms with Crippen molar-refractivity contribution in [3.8, 4) is 0 Å². The van der Waals surface area contributed by atoms with Gasteiger partial charge in [0.15, 0.2) is 0 Å². The molecule has 0 aliphatic heterocycles. The number of amides is 1. The molecule has 146 valence electrons. The molecule has 0 atom stereocenters. The lowest BCUT2D eigenvalue weighted by Gasteiger charge is -2.09. The topological polar surface area (TPSA) is 90.3 Å². The normalized spacial score (nSPS) is 10.8. The van der Waals surface area contributed by atoms with E-state index in [-0.39, 0.29) is 18.0 Å². The van der Waals surface area contributed by atoms with Gasteiger partial charge in [-0.1, -0.05) is 13.0 Å². The van der Waals surface area contributed by atoms with E-state index < -0.39 is 5.97 Å². The highest BCUT2D eigenvalue weighted by Crippen LogP contribution is 2.25. The highest BCUT2D eigenvalue weighted by atomic mass is 32.1. The van der Waals surface area contributed by atoms with Gasteiger partial charge in [0.25, 0.3) is 5.56 Å². The first-order valence-electron chi connectivity index (χ1n) is 8.93. The summed E-state index contributed by atoms with van der Waals surface area (Å²) < 4.78 is 6.39. The average molecular weight is 399 g/mol. The van der Waals surface area contributed by atoms with Crippen LogP contribution < -0.4 is 10.9 Å². The van der Waals surface area contributed by atoms with Gasteiger partial charge in [0.05, 0.1) is 23.9 Å². The van der Waals surface area contributed by atoms with Gasteiger partial charge in [-0.3, -0.25) is 14.2 Å². The van der Waals surface area contributed by atoms with E-state index in [4.69, 9.17) is 4.74 Å². The Morgan fingerprint density at radius 1 is 1.29 bits per heavy atom. The summed E-state index contributed by atoms with van der Waals surface area (Å²) in [6.45, 7) is 5.91. The molecule has 1 N–H and O–H groups in total. The van der Waals surface area contributed by atoms with Crippen LogP contribution in [0.25, 0.3) is 10.2 Å². The molecule has 2 heterocycles. The molecule has 0 unspecified atom stereocenters. The standard InChI is InChI=1S/C20H21N3O4S/c1-4-8-27-20(26)14-6-5-7-15(9-14)22-16(24)10-23-11-21-18-17(19(23)25)12(2)13(3)28-18/h5-7,9,11H,4,8,10H2,1-3H3,(H,22,24). The first kappa shape index (κ1) is 19.8. The summed E-state index contributed by atoms with van der Waals surface area (Å²) in [5.41, 5.74) is 1.47. The first-order valence-corrected chi connectivity index (χ1v) is 9.74. The van der Waals surface area contributed by atoms with Crippen molar-refractivity contribution in [3.05, 3.63) is 57.0 Å². The number of anilines is 1. The Hall–Kier alpha value is -3.00. The summed E-state index contributed by atoms with van der Waals surface area (Å²) in [5, 5.41) is 3.26. The van der Waals surface area contributed by atoms with Crippen molar-refractivity contribution in [2.75, 3.05) is 11.9 Å². The number of fused-ring (bicyclic) bond motifs is 1. The summed E-state index contributed by atoms with van der Waals surface area (Å²) in [6.07, 6.45) is 2.12. The van der Waals surface area contributed by atoms with E-state index in [9.17, 15) is 14.4 Å². The fourth-order valence-electron chi connectivity index (χ4n) is 2.74. The van der Waals surface area contributed by atoms with Crippen LogP contribution >= 0.6 is 11.3 Å². The number of hydrogen-bond donors (Lipinski definition) is 1. The molecule has 1 amide bonds. The third kappa shape index (κ3) is 4.12. The van der Waals surface area contributed by atoms with E-state index in [0.717, 1.165) is 16.9 Å². The smallest absolute Gasteiger partial charge is 0.338 e. The van der Waals surface area contributed by atoms with E-state index in [1.807, 2.05) is 20.8 Å². The second-order valence-corrected chi connectivity index (χ2v) is 7.61. The molecule has 0 aliphatic carbocycles. The van der Waals surface area contributed by atoms with E-state index in [2.05, 4.69) is 10.3 Å². The Morgan fingerprint density at radius 2 is 2.07 bits per heavy atom. The molecule has 0 aliphatic rings. The predicted octanol–water partition coefficient (Wildman–Crippen LogP) is 3.28. The van der Waals surface area contributed by atoms with Crippen LogP contribution in [0.5, 0.6) is 0 Å². The van der Waals surface area contributed by atoms with E-state index >= 15 is 0 Å². The number of benzene rings is 1. The highest BCUT2D eigenvalue weighted by Gasteiger charge is 2.14. The molecule has 28 heavy (non-hydrogen) atoms. The van der Waals surface area contributed by atoms with Crippen molar-refractivity contribution in [1.82, 2.24) is 9.55 Å². The third-order valence-corrected chi connectivity index (χ3v) is 5.40. The van der Waals surface area contributed by atoms with Crippen LogP contribution in [0.15, 0.2) is 35.4 Å². The number of thiophene rings is 1. The van der Waals surface area contributed by atoms with Crippen LogP contribution in [0.1, 0.15) is 34.1 Å². The monoisotopic (exact) mass is 399 g/mol. The summed E-state index contributed by atoms with van der Waals surface area (Å²) in [7, 11) is 0. The second kappa shape index (κ2) is 8.35. The SMILES string of the molecule is CCCOC(=O)c1cccc(NC(=O)Cn2cnc3sc(C)c(C)c3c2=O)c1. The average Bonchev–Trinajstić information content (AvgIpc) is 2.97. The van der Waals surface area contributed by atoms with Crippen molar-refractivity contribution < 1.29 is 14.3 Å². The molecule has 1 aromatic carbocycles. The molecule has 0 saturated carbocycles. The maximum absolute atomic E-state index is 12.7. The summed E-state index contributed by atoms with van der Waals surface area (Å²) >= 11 is 1.46. The van der Waals surface area contributed by atoms with Crippen LogP contribution in [-0.2, 0) is 16.1 Å². The molecule has 0 bridgehead atoms. The fourth-order valence-corrected chi connectivity index (χ4v) is 3.73. The maximum Gasteiger partial charge on any atom is 0.338 e. The Morgan fingerprint density at radius 3 is 2.82 bits per heavy atom. The quantitative estimate of drug-likeness (QED) is 0.643. The van der Waals surface area contributed by atoms with E-state index in [0.29, 0.717) is 28.1 Å². The second-order valence-electron chi connectivity index (χ2n) is 6.41. The Balaban J connectivity index is 1.75. The molecule has 2 aromatic heterocycles. The highest BCUT2D eigenvalue weighted by molar-refractivity contribution is 7.18. The number of hydrogen-bond acceptors (Lipinski definition) is 6. The van der Waals surface area contributed by atoms with Gasteiger partial charge >= 0.3 is 5.97 Å². The minimum atomic E-state index is -0.438. The summed E-state index contributed by atoms with van der Waals surface area (Å²) in [4.78, 5) is 43.0. The zero-order valence-corrected chi connectivity index (χ0v) is 16.8. The van der Waals surface area contributed by atoms with Gasteiger partial charge in [0, 0.05) is 10.6 Å². The fraction of sp³-hybridized carbons (Fsp3) is 0.300. The number of aromatic nitrogens is 2. The molecule has 0 spiro atoms. The molecule has 3 aromatic rings. The predicted molar refractivity (Wildman–Crippen MR) is 109 cm³/mol. The van der Waals surface area contributed by atoms with Gasteiger partial charge in [-0.2, -0.15) is 0 Å². The third-order valence-electron chi connectivity index (χ3n) is 4.29. The van der Waals surface area contributed by atoms with Gasteiger partial charge in [-0.05, 0) is 44.0 Å². The molecule has 0 fully saturated rings. The maximum atomic E-state index is 12.7. The molecule has 8 heteroatoms. The lowest BCUT2D eigenvalue weighted by molar-refractivity contribution is -0.116. The minimum Gasteiger partial charge on any atom is -0.462 e. The minimum absolute atomic E-state index is 0.166. The van der Waals surface area contributed by atoms with Crippen LogP contribution in [0.2, 0.25) is 0 Å². The Kier molecular flexibility index (Phi) is 5.89. The molecule has 7 nitrogen and oxygen atoms in total.